The second-order valence-corrected chi connectivity index (χ2v) is 13.9. The van der Waals surface area contributed by atoms with Crippen LogP contribution in [0.4, 0.5) is 0 Å². The second kappa shape index (κ2) is 14.2. The van der Waals surface area contributed by atoms with Gasteiger partial charge < -0.3 is 15.1 Å². The Bertz CT molecular complexity index is 2380. The van der Waals surface area contributed by atoms with E-state index in [1.165, 1.54) is 0 Å². The van der Waals surface area contributed by atoms with E-state index in [0.29, 0.717) is 15.1 Å². The van der Waals surface area contributed by atoms with Gasteiger partial charge in [-0.15, -0.1) is 0 Å². The van der Waals surface area contributed by atoms with Gasteiger partial charge in [0.1, 0.15) is 5.75 Å². The Kier molecular flexibility index (Phi) is 9.34. The van der Waals surface area contributed by atoms with Gasteiger partial charge in [0, 0.05) is 59.4 Å². The summed E-state index contributed by atoms with van der Waals surface area (Å²) in [7, 11) is 0. The zero-order valence-corrected chi connectivity index (χ0v) is 31.2. The van der Waals surface area contributed by atoms with E-state index < -0.39 is 0 Å². The number of benzene rings is 4. The Morgan fingerprint density at radius 3 is 0.868 bits per heavy atom. The first-order valence-electron chi connectivity index (χ1n) is 16.6. The first kappa shape index (κ1) is 34.7. The molecule has 0 amide bonds. The first-order valence-corrected chi connectivity index (χ1v) is 17.7. The molecule has 9 rings (SSSR count). The molecule has 7 aromatic rings. The van der Waals surface area contributed by atoms with Crippen LogP contribution in [0.3, 0.4) is 0 Å². The van der Waals surface area contributed by atoms with Crippen LogP contribution in [0.2, 0.25) is 15.1 Å². The Balaban J connectivity index is 0.00000400. The molecule has 2 aliphatic rings. The number of phenolic OH excluding ortho intramolecular Hbond substituents is 1. The number of nitrogens with zero attached hydrogens (tertiary/aromatic N) is 2. The number of aromatic amines is 2. The molecule has 0 spiro atoms. The number of halogens is 3. The molecule has 0 atom stereocenters. The van der Waals surface area contributed by atoms with E-state index >= 15 is 0 Å². The van der Waals surface area contributed by atoms with Crippen molar-refractivity contribution in [3.63, 3.8) is 0 Å². The minimum atomic E-state index is 0. The number of nitrogens with one attached hydrogen (secondary N) is 2. The maximum Gasteiger partial charge on any atom is 2.00 e. The Labute approximate surface area is 330 Å². The maximum absolute atomic E-state index is 10.2. The van der Waals surface area contributed by atoms with Gasteiger partial charge in [-0.25, -0.2) is 9.97 Å². The van der Waals surface area contributed by atoms with Gasteiger partial charge in [0.15, 0.2) is 0 Å². The van der Waals surface area contributed by atoms with Gasteiger partial charge in [-0.2, -0.15) is 0 Å². The van der Waals surface area contributed by atoms with Crippen LogP contribution in [0, 0.1) is 0 Å². The number of phenols is 1. The molecule has 2 aliphatic heterocycles. The van der Waals surface area contributed by atoms with Crippen LogP contribution in [-0.4, -0.2) is 25.0 Å². The number of aromatic hydroxyl groups is 1. The quantitative estimate of drug-likeness (QED) is 0.155. The van der Waals surface area contributed by atoms with Gasteiger partial charge in [0.2, 0.25) is 0 Å². The molecule has 0 fully saturated rings. The van der Waals surface area contributed by atoms with Gasteiger partial charge in [-0.05, 0) is 119 Å². The van der Waals surface area contributed by atoms with E-state index in [2.05, 4.69) is 46.4 Å². The van der Waals surface area contributed by atoms with Crippen LogP contribution in [0.5, 0.6) is 5.75 Å². The Morgan fingerprint density at radius 2 is 0.604 bits per heavy atom. The van der Waals surface area contributed by atoms with Crippen LogP contribution in [-0.2, 0) is 17.1 Å². The normalized spacial score (nSPS) is 11.8. The number of fused-ring (bicyclic) bond motifs is 8. The van der Waals surface area contributed by atoms with Gasteiger partial charge in [0.25, 0.3) is 0 Å². The summed E-state index contributed by atoms with van der Waals surface area (Å²) >= 11 is 19.1. The molecule has 4 aromatic carbocycles. The molecule has 5 heterocycles. The average Bonchev–Trinajstić information content (AvgIpc) is 3.99. The van der Waals surface area contributed by atoms with Crippen molar-refractivity contribution < 1.29 is 22.2 Å². The average molecular weight is 789 g/mol. The van der Waals surface area contributed by atoms with Crippen LogP contribution >= 0.6 is 34.8 Å². The third-order valence-electron chi connectivity index (χ3n) is 9.31. The fourth-order valence-corrected chi connectivity index (χ4v) is 7.28. The summed E-state index contributed by atoms with van der Waals surface area (Å²) in [6.07, 6.45) is 8.19. The predicted octanol–water partition coefficient (Wildman–Crippen LogP) is 13.0. The minimum Gasteiger partial charge on any atom is -0.508 e. The van der Waals surface area contributed by atoms with E-state index in [4.69, 9.17) is 44.8 Å². The summed E-state index contributed by atoms with van der Waals surface area (Å²) in [5, 5.41) is 12.1. The molecule has 0 aliphatic carbocycles. The van der Waals surface area contributed by atoms with Crippen LogP contribution in [0.25, 0.3) is 90.9 Å². The topological polar surface area (TPSA) is 77.6 Å². The Hall–Kier alpha value is -5.33. The van der Waals surface area contributed by atoms with Crippen molar-refractivity contribution >= 4 is 81.2 Å². The molecule has 0 saturated carbocycles. The van der Waals surface area contributed by atoms with E-state index in [0.717, 1.165) is 89.4 Å². The van der Waals surface area contributed by atoms with Gasteiger partial charge in [0.05, 0.1) is 22.8 Å². The largest absolute Gasteiger partial charge is 2.00 e. The molecule has 53 heavy (non-hydrogen) atoms. The summed E-state index contributed by atoms with van der Waals surface area (Å²) in [4.78, 5) is 18.0. The summed E-state index contributed by atoms with van der Waals surface area (Å²) in [5.41, 5.74) is 14.1. The fraction of sp³-hybridized carbons (Fsp3) is 0. The molecule has 8 bridgehead atoms. The van der Waals surface area contributed by atoms with Gasteiger partial charge in [-0.1, -0.05) is 83.3 Å². The molecule has 0 saturated heterocycles. The summed E-state index contributed by atoms with van der Waals surface area (Å²) in [6.45, 7) is 0. The fourth-order valence-electron chi connectivity index (χ4n) is 6.90. The van der Waals surface area contributed by atoms with Crippen LogP contribution in [0.1, 0.15) is 22.8 Å². The molecule has 0 unspecified atom stereocenters. The molecule has 3 N–H and O–H groups in total. The van der Waals surface area contributed by atoms with Crippen molar-refractivity contribution in [1.29, 1.82) is 0 Å². The number of aromatic nitrogens is 4. The third kappa shape index (κ3) is 6.61. The second-order valence-electron chi connectivity index (χ2n) is 12.6. The monoisotopic (exact) mass is 787 g/mol. The van der Waals surface area contributed by atoms with Crippen molar-refractivity contribution in [2.24, 2.45) is 0 Å². The summed E-state index contributed by atoms with van der Waals surface area (Å²) in [6, 6.07) is 38.9. The third-order valence-corrected chi connectivity index (χ3v) is 10.1. The zero-order valence-electron chi connectivity index (χ0n) is 27.7. The molecule has 255 valence electrons. The SMILES string of the molecule is Oc1ccc(-c2c3nc(c(-c4ccc(Cl)cc4)c4ccc([nH]4)c(-c4ccc(Cl)cc4)c4nc(c(-c5ccc(Cl)cc5)c5ccc2[nH]5)C=C4)C=C3)cc1.[Mn+2]. The zero-order chi connectivity index (χ0) is 35.3. The van der Waals surface area contributed by atoms with Crippen LogP contribution in [0.15, 0.2) is 121 Å². The van der Waals surface area contributed by atoms with Gasteiger partial charge in [-0.3, -0.25) is 0 Å². The molecular weight excluding hydrogens is 762 g/mol. The van der Waals surface area contributed by atoms with Gasteiger partial charge >= 0.3 is 17.1 Å². The van der Waals surface area contributed by atoms with E-state index in [9.17, 15) is 5.11 Å². The van der Waals surface area contributed by atoms with Crippen molar-refractivity contribution in [2.45, 2.75) is 0 Å². The number of rotatable bonds is 4. The number of hydrogen-bond donors (Lipinski definition) is 3. The predicted molar refractivity (Wildman–Crippen MR) is 217 cm³/mol. The van der Waals surface area contributed by atoms with E-state index in [-0.39, 0.29) is 22.8 Å². The van der Waals surface area contributed by atoms with Crippen molar-refractivity contribution in [1.82, 2.24) is 19.9 Å². The van der Waals surface area contributed by atoms with Crippen LogP contribution < -0.4 is 0 Å². The van der Waals surface area contributed by atoms with Crippen molar-refractivity contribution in [2.75, 3.05) is 0 Å². The van der Waals surface area contributed by atoms with E-state index in [1.807, 2.05) is 97.1 Å². The summed E-state index contributed by atoms with van der Waals surface area (Å²) < 4.78 is 0. The maximum atomic E-state index is 10.2. The standard InChI is InChI=1S/C44H27Cl3N4O.Mn/c45-29-9-1-25(2-10-29)41-33-17-19-35(48-33)42(26-3-11-30(46)12-4-26)37-21-23-39(50-37)44(28-7-15-32(52)16-8-28)40-24-22-38(51-40)43(36-20-18-34(41)49-36)27-5-13-31(47)14-6-27;/h1-24,48,51-52H;/q;+2. The molecule has 3 aromatic heterocycles. The molecule has 5 nitrogen and oxygen atoms in total. The first-order chi connectivity index (χ1) is 25.4. The van der Waals surface area contributed by atoms with E-state index in [1.54, 1.807) is 12.1 Å². The smallest absolute Gasteiger partial charge is 0.508 e. The molecule has 9 heteroatoms. The summed E-state index contributed by atoms with van der Waals surface area (Å²) in [5.74, 6) is 0.188. The molecule has 1 radical (unpaired) electrons. The minimum absolute atomic E-state index is 0. The van der Waals surface area contributed by atoms with Crippen molar-refractivity contribution in [3.8, 4) is 50.3 Å². The Morgan fingerprint density at radius 1 is 0.358 bits per heavy atom. The number of H-pyrrole nitrogens is 2. The molecular formula is C44H27Cl3MnN4O+2. The number of hydrogen-bond acceptors (Lipinski definition) is 3. The van der Waals surface area contributed by atoms with Crippen molar-refractivity contribution in [3.05, 3.63) is 159 Å².